The van der Waals surface area contributed by atoms with E-state index in [4.69, 9.17) is 11.6 Å². The molecule has 1 amide bonds. The van der Waals surface area contributed by atoms with Gasteiger partial charge in [0.05, 0.1) is 11.9 Å². The third-order valence-electron chi connectivity index (χ3n) is 3.67. The average Bonchev–Trinajstić information content (AvgIpc) is 2.61. The fourth-order valence-electron chi connectivity index (χ4n) is 2.42. The van der Waals surface area contributed by atoms with Gasteiger partial charge in [-0.1, -0.05) is 47.5 Å². The lowest BCUT2D eigenvalue weighted by Gasteiger charge is -2.09. The van der Waals surface area contributed by atoms with Crippen LogP contribution in [-0.4, -0.2) is 10.9 Å². The summed E-state index contributed by atoms with van der Waals surface area (Å²) in [4.78, 5) is 16.4. The zero-order chi connectivity index (χ0) is 17.6. The maximum absolute atomic E-state index is 12.2. The molecule has 3 rings (SSSR count). The molecule has 0 saturated heterocycles. The number of carbonyl (C=O) groups is 1. The molecule has 4 nitrogen and oxygen atoms in total. The summed E-state index contributed by atoms with van der Waals surface area (Å²) in [7, 11) is 0. The maximum atomic E-state index is 12.2. The second-order valence-corrected chi connectivity index (χ2v) is 6.18. The molecule has 0 aliphatic heterocycles. The Balaban J connectivity index is 1.59. The highest BCUT2D eigenvalue weighted by atomic mass is 35.5. The van der Waals surface area contributed by atoms with Crippen LogP contribution >= 0.6 is 11.6 Å². The number of hydrogen-bond acceptors (Lipinski definition) is 3. The third-order valence-corrected chi connectivity index (χ3v) is 3.91. The SMILES string of the molecule is Cc1cccc(CNc2ccc(NC(=O)c3cccc(Cl)c3)nc2)c1. The number of nitrogens with zero attached hydrogens (tertiary/aromatic N) is 1. The van der Waals surface area contributed by atoms with Gasteiger partial charge in [-0.2, -0.15) is 0 Å². The van der Waals surface area contributed by atoms with E-state index in [0.29, 0.717) is 16.4 Å². The molecule has 0 saturated carbocycles. The molecule has 0 aliphatic rings. The van der Waals surface area contributed by atoms with Crippen LogP contribution in [0.3, 0.4) is 0 Å². The van der Waals surface area contributed by atoms with E-state index < -0.39 is 0 Å². The quantitative estimate of drug-likeness (QED) is 0.686. The van der Waals surface area contributed by atoms with Gasteiger partial charge in [-0.25, -0.2) is 4.98 Å². The fraction of sp³-hybridized carbons (Fsp3) is 0.100. The number of halogens is 1. The van der Waals surface area contributed by atoms with Crippen LogP contribution in [0.1, 0.15) is 21.5 Å². The van der Waals surface area contributed by atoms with E-state index in [1.807, 2.05) is 12.1 Å². The minimum Gasteiger partial charge on any atom is -0.380 e. The Kier molecular flexibility index (Phi) is 5.31. The molecular formula is C20H18ClN3O. The summed E-state index contributed by atoms with van der Waals surface area (Å²) in [6.07, 6.45) is 1.70. The molecule has 0 aliphatic carbocycles. The van der Waals surface area contributed by atoms with Crippen molar-refractivity contribution in [2.24, 2.45) is 0 Å². The molecule has 0 fully saturated rings. The lowest BCUT2D eigenvalue weighted by atomic mass is 10.1. The van der Waals surface area contributed by atoms with Gasteiger partial charge < -0.3 is 10.6 Å². The number of rotatable bonds is 5. The van der Waals surface area contributed by atoms with E-state index >= 15 is 0 Å². The minimum atomic E-state index is -0.240. The summed E-state index contributed by atoms with van der Waals surface area (Å²) in [5, 5.41) is 6.60. The summed E-state index contributed by atoms with van der Waals surface area (Å²) in [6.45, 7) is 2.79. The number of carbonyl (C=O) groups excluding carboxylic acids is 1. The van der Waals surface area contributed by atoms with Crippen molar-refractivity contribution in [2.45, 2.75) is 13.5 Å². The number of aryl methyl sites for hydroxylation is 1. The molecule has 0 unspecified atom stereocenters. The van der Waals surface area contributed by atoms with Crippen molar-refractivity contribution in [2.75, 3.05) is 10.6 Å². The first-order valence-electron chi connectivity index (χ1n) is 7.92. The molecule has 2 N–H and O–H groups in total. The highest BCUT2D eigenvalue weighted by Gasteiger charge is 2.07. The van der Waals surface area contributed by atoms with Gasteiger partial charge in [0.15, 0.2) is 0 Å². The molecule has 0 bridgehead atoms. The standard InChI is InChI=1S/C20H18ClN3O/c1-14-4-2-5-15(10-14)12-22-18-8-9-19(23-13-18)24-20(25)16-6-3-7-17(21)11-16/h2-11,13,22H,12H2,1H3,(H,23,24,25). The number of hydrogen-bond donors (Lipinski definition) is 2. The van der Waals surface area contributed by atoms with Crippen molar-refractivity contribution in [1.29, 1.82) is 0 Å². The second-order valence-electron chi connectivity index (χ2n) is 5.74. The molecule has 0 radical (unpaired) electrons. The second kappa shape index (κ2) is 7.81. The van der Waals surface area contributed by atoms with Crippen molar-refractivity contribution >= 4 is 29.0 Å². The smallest absolute Gasteiger partial charge is 0.256 e. The largest absolute Gasteiger partial charge is 0.380 e. The number of anilines is 2. The summed E-state index contributed by atoms with van der Waals surface area (Å²) >= 11 is 5.90. The predicted molar refractivity (Wildman–Crippen MR) is 102 cm³/mol. The van der Waals surface area contributed by atoms with Crippen LogP contribution in [-0.2, 0) is 6.54 Å². The molecular weight excluding hydrogens is 334 g/mol. The lowest BCUT2D eigenvalue weighted by Crippen LogP contribution is -2.12. The van der Waals surface area contributed by atoms with E-state index in [2.05, 4.69) is 40.7 Å². The zero-order valence-electron chi connectivity index (χ0n) is 13.8. The normalized spacial score (nSPS) is 10.3. The molecule has 0 atom stereocenters. The van der Waals surface area contributed by atoms with Crippen molar-refractivity contribution in [3.8, 4) is 0 Å². The first-order valence-corrected chi connectivity index (χ1v) is 8.30. The monoisotopic (exact) mass is 351 g/mol. The fourth-order valence-corrected chi connectivity index (χ4v) is 2.61. The Bertz CT molecular complexity index is 878. The van der Waals surface area contributed by atoms with Gasteiger partial charge in [0.2, 0.25) is 0 Å². The molecule has 1 aromatic heterocycles. The first-order chi connectivity index (χ1) is 12.1. The van der Waals surface area contributed by atoms with E-state index in [1.54, 1.807) is 36.5 Å². The van der Waals surface area contributed by atoms with Gasteiger partial charge in [-0.3, -0.25) is 4.79 Å². The molecule has 126 valence electrons. The molecule has 3 aromatic rings. The number of amides is 1. The van der Waals surface area contributed by atoms with Gasteiger partial charge in [0.1, 0.15) is 5.82 Å². The predicted octanol–water partition coefficient (Wildman–Crippen LogP) is 4.91. The van der Waals surface area contributed by atoms with Crippen LogP contribution in [0.15, 0.2) is 66.9 Å². The van der Waals surface area contributed by atoms with E-state index in [0.717, 1.165) is 12.2 Å². The molecule has 2 aromatic carbocycles. The van der Waals surface area contributed by atoms with Crippen LogP contribution in [0.5, 0.6) is 0 Å². The zero-order valence-corrected chi connectivity index (χ0v) is 14.5. The summed E-state index contributed by atoms with van der Waals surface area (Å²) in [5.41, 5.74) is 3.83. The van der Waals surface area contributed by atoms with E-state index in [-0.39, 0.29) is 5.91 Å². The summed E-state index contributed by atoms with van der Waals surface area (Å²) < 4.78 is 0. The topological polar surface area (TPSA) is 54.0 Å². The maximum Gasteiger partial charge on any atom is 0.256 e. The molecule has 1 heterocycles. The number of nitrogens with one attached hydrogen (secondary N) is 2. The number of benzene rings is 2. The van der Waals surface area contributed by atoms with Gasteiger partial charge >= 0.3 is 0 Å². The minimum absolute atomic E-state index is 0.240. The first kappa shape index (κ1) is 17.0. The van der Waals surface area contributed by atoms with Gasteiger partial charge in [-0.05, 0) is 42.8 Å². The average molecular weight is 352 g/mol. The lowest BCUT2D eigenvalue weighted by molar-refractivity contribution is 0.102. The van der Waals surface area contributed by atoms with Gasteiger partial charge in [0, 0.05) is 17.1 Å². The molecule has 25 heavy (non-hydrogen) atoms. The summed E-state index contributed by atoms with van der Waals surface area (Å²) in [6, 6.07) is 18.8. The van der Waals surface area contributed by atoms with E-state index in [9.17, 15) is 4.79 Å². The summed E-state index contributed by atoms with van der Waals surface area (Å²) in [5.74, 6) is 0.251. The van der Waals surface area contributed by atoms with Crippen LogP contribution in [0.4, 0.5) is 11.5 Å². The molecule has 5 heteroatoms. The Morgan fingerprint density at radius 1 is 1.08 bits per heavy atom. The molecule has 0 spiro atoms. The third kappa shape index (κ3) is 4.81. The van der Waals surface area contributed by atoms with Crippen LogP contribution in [0.25, 0.3) is 0 Å². The number of aromatic nitrogens is 1. The van der Waals surface area contributed by atoms with Crippen molar-refractivity contribution in [1.82, 2.24) is 4.98 Å². The highest BCUT2D eigenvalue weighted by molar-refractivity contribution is 6.31. The Morgan fingerprint density at radius 3 is 2.64 bits per heavy atom. The Morgan fingerprint density at radius 2 is 1.92 bits per heavy atom. The van der Waals surface area contributed by atoms with Crippen LogP contribution < -0.4 is 10.6 Å². The number of pyridine rings is 1. The van der Waals surface area contributed by atoms with Crippen molar-refractivity contribution < 1.29 is 4.79 Å². The van der Waals surface area contributed by atoms with E-state index in [1.165, 1.54) is 11.1 Å². The van der Waals surface area contributed by atoms with Gasteiger partial charge in [0.25, 0.3) is 5.91 Å². The Labute approximate surface area is 151 Å². The van der Waals surface area contributed by atoms with Crippen molar-refractivity contribution in [3.05, 3.63) is 88.6 Å². The van der Waals surface area contributed by atoms with Crippen LogP contribution in [0, 0.1) is 6.92 Å². The Hall–Kier alpha value is -2.85. The van der Waals surface area contributed by atoms with Crippen LogP contribution in [0.2, 0.25) is 5.02 Å². The van der Waals surface area contributed by atoms with Crippen molar-refractivity contribution in [3.63, 3.8) is 0 Å². The highest BCUT2D eigenvalue weighted by Crippen LogP contribution is 2.15. The van der Waals surface area contributed by atoms with Gasteiger partial charge in [-0.15, -0.1) is 0 Å².